The maximum Gasteiger partial charge on any atom is 0.273 e. The number of nitrogens with one attached hydrogen (secondary N) is 2. The molecule has 3 rings (SSSR count). The molecule has 0 aliphatic heterocycles. The van der Waals surface area contributed by atoms with Crippen LogP contribution in [-0.4, -0.2) is 42.7 Å². The van der Waals surface area contributed by atoms with Crippen molar-refractivity contribution in [3.8, 4) is 17.2 Å². The Morgan fingerprint density at radius 1 is 0.935 bits per heavy atom. The van der Waals surface area contributed by atoms with Gasteiger partial charge in [0.15, 0.2) is 11.5 Å². The molecule has 9 heteroatoms. The first-order valence-electron chi connectivity index (χ1n) is 9.37. The van der Waals surface area contributed by atoms with Crippen LogP contribution in [0.15, 0.2) is 42.9 Å². The molecule has 2 aromatic carbocycles. The first-order valence-corrected chi connectivity index (χ1v) is 9.37. The summed E-state index contributed by atoms with van der Waals surface area (Å²) in [5, 5.41) is 5.68. The van der Waals surface area contributed by atoms with E-state index in [1.54, 1.807) is 42.2 Å². The highest BCUT2D eigenvalue weighted by molar-refractivity contribution is 6.06. The first-order chi connectivity index (χ1) is 14.9. The highest BCUT2D eigenvalue weighted by atomic mass is 16.5. The molecule has 2 N–H and O–H groups in total. The second-order valence-corrected chi connectivity index (χ2v) is 6.74. The van der Waals surface area contributed by atoms with E-state index in [9.17, 15) is 9.59 Å². The highest BCUT2D eigenvalue weighted by Gasteiger charge is 2.18. The van der Waals surface area contributed by atoms with E-state index in [4.69, 9.17) is 14.2 Å². The lowest BCUT2D eigenvalue weighted by atomic mass is 10.1. The Morgan fingerprint density at radius 2 is 1.61 bits per heavy atom. The molecule has 3 aromatic rings. The Bertz CT molecular complexity index is 1100. The van der Waals surface area contributed by atoms with Crippen LogP contribution in [0, 0.1) is 6.92 Å². The summed E-state index contributed by atoms with van der Waals surface area (Å²) in [6.45, 7) is 1.86. The van der Waals surface area contributed by atoms with E-state index in [-0.39, 0.29) is 11.8 Å². The molecular weight excluding hydrogens is 400 g/mol. The predicted molar refractivity (Wildman–Crippen MR) is 116 cm³/mol. The summed E-state index contributed by atoms with van der Waals surface area (Å²) >= 11 is 0. The molecule has 1 heterocycles. The van der Waals surface area contributed by atoms with Crippen molar-refractivity contribution >= 4 is 23.2 Å². The smallest absolute Gasteiger partial charge is 0.273 e. The zero-order valence-corrected chi connectivity index (χ0v) is 18.0. The monoisotopic (exact) mass is 424 g/mol. The molecule has 0 fully saturated rings. The molecule has 2 amide bonds. The average Bonchev–Trinajstić information content (AvgIpc) is 3.20. The van der Waals surface area contributed by atoms with Gasteiger partial charge in [0.25, 0.3) is 11.8 Å². The predicted octanol–water partition coefficient (Wildman–Crippen LogP) is 3.26. The first kappa shape index (κ1) is 21.7. The Balaban J connectivity index is 1.83. The molecule has 0 spiro atoms. The van der Waals surface area contributed by atoms with Gasteiger partial charge in [-0.15, -0.1) is 0 Å². The van der Waals surface area contributed by atoms with Crippen molar-refractivity contribution in [1.29, 1.82) is 0 Å². The van der Waals surface area contributed by atoms with Crippen LogP contribution < -0.4 is 24.8 Å². The van der Waals surface area contributed by atoms with Crippen LogP contribution in [0.4, 0.5) is 11.4 Å². The number of amides is 2. The number of carbonyl (C=O) groups is 2. The number of ether oxygens (including phenoxy) is 3. The molecular formula is C22H24N4O5. The Labute approximate surface area is 180 Å². The molecule has 162 valence electrons. The number of nitrogens with zero attached hydrogens (tertiary/aromatic N) is 2. The lowest BCUT2D eigenvalue weighted by Gasteiger charge is -2.15. The third kappa shape index (κ3) is 4.61. The van der Waals surface area contributed by atoms with Crippen molar-refractivity contribution in [2.75, 3.05) is 32.0 Å². The zero-order chi connectivity index (χ0) is 22.5. The molecule has 0 saturated carbocycles. The van der Waals surface area contributed by atoms with E-state index >= 15 is 0 Å². The van der Waals surface area contributed by atoms with Crippen molar-refractivity contribution in [1.82, 2.24) is 9.55 Å². The molecule has 0 aliphatic rings. The van der Waals surface area contributed by atoms with Gasteiger partial charge in [0.1, 0.15) is 5.69 Å². The third-order valence-corrected chi connectivity index (χ3v) is 4.72. The van der Waals surface area contributed by atoms with Crippen LogP contribution in [0.25, 0.3) is 0 Å². The molecule has 0 saturated heterocycles. The molecule has 0 unspecified atom stereocenters. The number of imidazole rings is 1. The average molecular weight is 424 g/mol. The fourth-order valence-corrected chi connectivity index (χ4v) is 3.01. The van der Waals surface area contributed by atoms with Crippen LogP contribution in [0.3, 0.4) is 0 Å². The van der Waals surface area contributed by atoms with Crippen LogP contribution in [0.1, 0.15) is 26.4 Å². The normalized spacial score (nSPS) is 10.4. The highest BCUT2D eigenvalue weighted by Crippen LogP contribution is 2.38. The largest absolute Gasteiger partial charge is 0.493 e. The fourth-order valence-electron chi connectivity index (χ4n) is 3.01. The minimum Gasteiger partial charge on any atom is -0.493 e. The number of hydrogen-bond acceptors (Lipinski definition) is 6. The van der Waals surface area contributed by atoms with Gasteiger partial charge < -0.3 is 29.4 Å². The maximum atomic E-state index is 12.8. The zero-order valence-electron chi connectivity index (χ0n) is 18.0. The van der Waals surface area contributed by atoms with Crippen molar-refractivity contribution in [3.05, 3.63) is 59.7 Å². The van der Waals surface area contributed by atoms with Gasteiger partial charge in [-0.1, -0.05) is 6.07 Å². The second-order valence-electron chi connectivity index (χ2n) is 6.74. The number of methoxy groups -OCH3 is 3. The van der Waals surface area contributed by atoms with E-state index in [2.05, 4.69) is 15.6 Å². The van der Waals surface area contributed by atoms with Gasteiger partial charge in [0.05, 0.1) is 33.9 Å². The standard InChI is InChI=1S/C22H24N4O5/c1-13-6-7-15(10-16(13)25-22(28)17-11-23-12-26(17)2)24-21(27)14-8-18(29-3)20(31-5)19(9-14)30-4/h6-12H,1-5H3,(H,24,27)(H,25,28). The lowest BCUT2D eigenvalue weighted by molar-refractivity contribution is 0.101. The van der Waals surface area contributed by atoms with E-state index in [1.807, 2.05) is 13.0 Å². The van der Waals surface area contributed by atoms with Gasteiger partial charge in [0.2, 0.25) is 5.75 Å². The van der Waals surface area contributed by atoms with E-state index in [1.165, 1.54) is 27.5 Å². The van der Waals surface area contributed by atoms with Crippen molar-refractivity contribution in [3.63, 3.8) is 0 Å². The van der Waals surface area contributed by atoms with Crippen LogP contribution >= 0.6 is 0 Å². The fraction of sp³-hybridized carbons (Fsp3) is 0.227. The number of aromatic nitrogens is 2. The number of carbonyl (C=O) groups excluding carboxylic acids is 2. The molecule has 9 nitrogen and oxygen atoms in total. The minimum atomic E-state index is -0.369. The van der Waals surface area contributed by atoms with Gasteiger partial charge in [0, 0.05) is 24.0 Å². The molecule has 0 bridgehead atoms. The van der Waals surface area contributed by atoms with Gasteiger partial charge in [-0.2, -0.15) is 0 Å². The summed E-state index contributed by atoms with van der Waals surface area (Å²) < 4.78 is 17.5. The third-order valence-electron chi connectivity index (χ3n) is 4.72. The number of aryl methyl sites for hydroxylation is 2. The number of rotatable bonds is 7. The molecule has 0 atom stereocenters. The number of anilines is 2. The van der Waals surface area contributed by atoms with Crippen LogP contribution in [-0.2, 0) is 7.05 Å². The maximum absolute atomic E-state index is 12.8. The summed E-state index contributed by atoms with van der Waals surface area (Å²) in [6, 6.07) is 8.39. The van der Waals surface area contributed by atoms with Crippen molar-refractivity contribution in [2.45, 2.75) is 6.92 Å². The van der Waals surface area contributed by atoms with Gasteiger partial charge in [-0.3, -0.25) is 9.59 Å². The van der Waals surface area contributed by atoms with Crippen molar-refractivity contribution in [2.24, 2.45) is 7.05 Å². The van der Waals surface area contributed by atoms with Gasteiger partial charge >= 0.3 is 0 Å². The molecule has 0 aliphatic carbocycles. The summed E-state index contributed by atoms with van der Waals surface area (Å²) in [7, 11) is 6.20. The molecule has 1 aromatic heterocycles. The Kier molecular flexibility index (Phi) is 6.44. The van der Waals surface area contributed by atoms with E-state index in [0.717, 1.165) is 5.56 Å². The Morgan fingerprint density at radius 3 is 2.16 bits per heavy atom. The minimum absolute atomic E-state index is 0.295. The molecule has 0 radical (unpaired) electrons. The van der Waals surface area contributed by atoms with Crippen LogP contribution in [0.5, 0.6) is 17.2 Å². The second kappa shape index (κ2) is 9.21. The molecule has 31 heavy (non-hydrogen) atoms. The Hall–Kier alpha value is -4.01. The quantitative estimate of drug-likeness (QED) is 0.603. The topological polar surface area (TPSA) is 104 Å². The number of hydrogen-bond donors (Lipinski definition) is 2. The number of benzene rings is 2. The summed E-state index contributed by atoms with van der Waals surface area (Å²) in [5.41, 5.74) is 2.70. The SMILES string of the molecule is COc1cc(C(=O)Nc2ccc(C)c(NC(=O)c3cncn3C)c2)cc(OC)c1OC. The van der Waals surface area contributed by atoms with Crippen molar-refractivity contribution < 1.29 is 23.8 Å². The van der Waals surface area contributed by atoms with E-state index in [0.29, 0.717) is 39.9 Å². The lowest BCUT2D eigenvalue weighted by Crippen LogP contribution is -2.17. The van der Waals surface area contributed by atoms with E-state index < -0.39 is 0 Å². The van der Waals surface area contributed by atoms with Gasteiger partial charge in [-0.25, -0.2) is 4.98 Å². The van der Waals surface area contributed by atoms with Gasteiger partial charge in [-0.05, 0) is 36.8 Å². The van der Waals surface area contributed by atoms with Crippen LogP contribution in [0.2, 0.25) is 0 Å². The summed E-state index contributed by atoms with van der Waals surface area (Å²) in [4.78, 5) is 29.3. The summed E-state index contributed by atoms with van der Waals surface area (Å²) in [6.07, 6.45) is 3.04. The summed E-state index contributed by atoms with van der Waals surface area (Å²) in [5.74, 6) is 0.486.